The van der Waals surface area contributed by atoms with Crippen molar-refractivity contribution in [1.29, 1.82) is 0 Å². The lowest BCUT2D eigenvalue weighted by molar-refractivity contribution is 0.0478. The molecule has 0 spiro atoms. The third-order valence-electron chi connectivity index (χ3n) is 3.81. The van der Waals surface area contributed by atoms with Crippen LogP contribution < -0.4 is 4.74 Å². The number of rotatable bonds is 6. The van der Waals surface area contributed by atoms with E-state index in [0.717, 1.165) is 11.3 Å². The molecule has 0 atom stereocenters. The van der Waals surface area contributed by atoms with Crippen LogP contribution in [-0.4, -0.2) is 30.5 Å². The Labute approximate surface area is 159 Å². The molecule has 1 heterocycles. The first kappa shape index (κ1) is 18.7. The molecule has 5 nitrogen and oxygen atoms in total. The molecule has 0 bridgehead atoms. The number of methoxy groups -OCH3 is 1. The molecule has 27 heavy (non-hydrogen) atoms. The summed E-state index contributed by atoms with van der Waals surface area (Å²) >= 11 is 1.14. The number of aryl methyl sites for hydroxylation is 1. The zero-order valence-corrected chi connectivity index (χ0v) is 15.5. The zero-order valence-electron chi connectivity index (χ0n) is 14.7. The second-order valence-electron chi connectivity index (χ2n) is 5.64. The molecule has 0 radical (unpaired) electrons. The molecule has 7 heteroatoms. The van der Waals surface area contributed by atoms with Crippen LogP contribution in [0.1, 0.15) is 25.7 Å². The van der Waals surface area contributed by atoms with Crippen molar-refractivity contribution in [3.05, 3.63) is 70.5 Å². The number of esters is 1. The van der Waals surface area contributed by atoms with Crippen molar-refractivity contribution >= 4 is 23.1 Å². The summed E-state index contributed by atoms with van der Waals surface area (Å²) in [5, 5.41) is 0.579. The van der Waals surface area contributed by atoms with E-state index in [2.05, 4.69) is 4.98 Å². The summed E-state index contributed by atoms with van der Waals surface area (Å²) in [5.74, 6) is -0.907. The lowest BCUT2D eigenvalue weighted by atomic mass is 10.1. The molecule has 0 fully saturated rings. The number of para-hydroxylation sites is 1. The number of halogens is 1. The summed E-state index contributed by atoms with van der Waals surface area (Å²) in [6.07, 6.45) is 0. The predicted octanol–water partition coefficient (Wildman–Crippen LogP) is 4.31. The SMILES string of the molecule is COc1ccccc1C(=O)COC(=O)c1sc(-c2ccc(F)cc2)nc1C. The molecule has 3 aromatic rings. The molecular formula is C20H16FNO4S. The highest BCUT2D eigenvalue weighted by Gasteiger charge is 2.20. The molecule has 3 rings (SSSR count). The minimum Gasteiger partial charge on any atom is -0.496 e. The molecular weight excluding hydrogens is 369 g/mol. The number of Topliss-reactive ketones (excluding diaryl/α,β-unsaturated/α-hetero) is 1. The van der Waals surface area contributed by atoms with Gasteiger partial charge in [0.25, 0.3) is 0 Å². The number of carbonyl (C=O) groups is 2. The molecule has 0 aliphatic rings. The summed E-state index contributed by atoms with van der Waals surface area (Å²) < 4.78 is 23.4. The molecule has 0 saturated carbocycles. The van der Waals surface area contributed by atoms with Gasteiger partial charge in [-0.1, -0.05) is 12.1 Å². The molecule has 0 saturated heterocycles. The van der Waals surface area contributed by atoms with Crippen molar-refractivity contribution in [2.45, 2.75) is 6.92 Å². The maximum atomic E-state index is 13.1. The number of hydrogen-bond donors (Lipinski definition) is 0. The maximum Gasteiger partial charge on any atom is 0.350 e. The van der Waals surface area contributed by atoms with Crippen molar-refractivity contribution < 1.29 is 23.5 Å². The van der Waals surface area contributed by atoms with Crippen LogP contribution in [0.25, 0.3) is 10.6 Å². The first-order chi connectivity index (χ1) is 13.0. The highest BCUT2D eigenvalue weighted by molar-refractivity contribution is 7.17. The van der Waals surface area contributed by atoms with E-state index in [9.17, 15) is 14.0 Å². The third-order valence-corrected chi connectivity index (χ3v) is 5.00. The number of thiazole rings is 1. The Hall–Kier alpha value is -3.06. The highest BCUT2D eigenvalue weighted by atomic mass is 32.1. The van der Waals surface area contributed by atoms with Gasteiger partial charge in [0, 0.05) is 5.56 Å². The van der Waals surface area contributed by atoms with Gasteiger partial charge < -0.3 is 9.47 Å². The lowest BCUT2D eigenvalue weighted by Gasteiger charge is -2.07. The van der Waals surface area contributed by atoms with E-state index in [4.69, 9.17) is 9.47 Å². The topological polar surface area (TPSA) is 65.5 Å². The van der Waals surface area contributed by atoms with Crippen LogP contribution in [0.5, 0.6) is 5.75 Å². The standard InChI is InChI=1S/C20H16FNO4S/c1-12-18(27-19(22-12)13-7-9-14(21)10-8-13)20(24)26-11-16(23)15-5-3-4-6-17(15)25-2/h3-10H,11H2,1-2H3. The maximum absolute atomic E-state index is 13.1. The number of nitrogens with zero attached hydrogens (tertiary/aromatic N) is 1. The Bertz CT molecular complexity index is 982. The van der Waals surface area contributed by atoms with E-state index in [1.165, 1.54) is 19.2 Å². The van der Waals surface area contributed by atoms with Crippen molar-refractivity contribution in [3.63, 3.8) is 0 Å². The van der Waals surface area contributed by atoms with Crippen LogP contribution in [0.2, 0.25) is 0 Å². The molecule has 0 unspecified atom stereocenters. The molecule has 0 aliphatic heterocycles. The summed E-state index contributed by atoms with van der Waals surface area (Å²) in [5.41, 5.74) is 1.54. The van der Waals surface area contributed by atoms with Gasteiger partial charge in [-0.2, -0.15) is 0 Å². The van der Waals surface area contributed by atoms with Crippen molar-refractivity contribution in [2.24, 2.45) is 0 Å². The number of aromatic nitrogens is 1. The minimum absolute atomic E-state index is 0.308. The van der Waals surface area contributed by atoms with Gasteiger partial charge in [-0.25, -0.2) is 14.2 Å². The smallest absolute Gasteiger partial charge is 0.350 e. The van der Waals surface area contributed by atoms with Gasteiger partial charge >= 0.3 is 5.97 Å². The molecule has 1 aromatic heterocycles. The number of carbonyl (C=O) groups excluding carboxylic acids is 2. The van der Waals surface area contributed by atoms with Gasteiger partial charge in [-0.05, 0) is 43.3 Å². The Morgan fingerprint density at radius 3 is 2.52 bits per heavy atom. The van der Waals surface area contributed by atoms with Crippen LogP contribution in [0.15, 0.2) is 48.5 Å². The first-order valence-corrected chi connectivity index (χ1v) is 8.88. The molecule has 0 amide bonds. The fraction of sp³-hybridized carbons (Fsp3) is 0.150. The average Bonchev–Trinajstić information content (AvgIpc) is 3.08. The third kappa shape index (κ3) is 4.20. The molecule has 0 N–H and O–H groups in total. The highest BCUT2D eigenvalue weighted by Crippen LogP contribution is 2.28. The predicted molar refractivity (Wildman–Crippen MR) is 99.9 cm³/mol. The van der Waals surface area contributed by atoms with Gasteiger partial charge in [-0.3, -0.25) is 4.79 Å². The van der Waals surface area contributed by atoms with Crippen LogP contribution >= 0.6 is 11.3 Å². The Morgan fingerprint density at radius 2 is 1.81 bits per heavy atom. The summed E-state index contributed by atoms with van der Waals surface area (Å²) in [7, 11) is 1.47. The van der Waals surface area contributed by atoms with Crippen molar-refractivity contribution in [3.8, 4) is 16.3 Å². The summed E-state index contributed by atoms with van der Waals surface area (Å²) in [4.78, 5) is 29.3. The lowest BCUT2D eigenvalue weighted by Crippen LogP contribution is -2.14. The Balaban J connectivity index is 1.71. The fourth-order valence-corrected chi connectivity index (χ4v) is 3.42. The second-order valence-corrected chi connectivity index (χ2v) is 6.64. The van der Waals surface area contributed by atoms with Crippen LogP contribution in [0.3, 0.4) is 0 Å². The van der Waals surface area contributed by atoms with Crippen molar-refractivity contribution in [1.82, 2.24) is 4.98 Å². The second kappa shape index (κ2) is 8.09. The largest absolute Gasteiger partial charge is 0.496 e. The number of hydrogen-bond acceptors (Lipinski definition) is 6. The van der Waals surface area contributed by atoms with Gasteiger partial charge in [0.05, 0.1) is 18.4 Å². The van der Waals surface area contributed by atoms with E-state index < -0.39 is 12.6 Å². The Morgan fingerprint density at radius 1 is 1.11 bits per heavy atom. The van der Waals surface area contributed by atoms with Gasteiger partial charge in [0.2, 0.25) is 5.78 Å². The van der Waals surface area contributed by atoms with E-state index in [1.54, 1.807) is 43.3 Å². The number of ketones is 1. The average molecular weight is 385 g/mol. The van der Waals surface area contributed by atoms with Crippen LogP contribution in [0.4, 0.5) is 4.39 Å². The van der Waals surface area contributed by atoms with E-state index in [-0.39, 0.29) is 11.6 Å². The van der Waals surface area contributed by atoms with E-state index in [1.807, 2.05) is 0 Å². The number of ether oxygens (including phenoxy) is 2. The molecule has 138 valence electrons. The fourth-order valence-electron chi connectivity index (χ4n) is 2.45. The Kier molecular flexibility index (Phi) is 5.61. The first-order valence-electron chi connectivity index (χ1n) is 8.06. The summed E-state index contributed by atoms with van der Waals surface area (Å²) in [6, 6.07) is 12.6. The zero-order chi connectivity index (χ0) is 19.4. The van der Waals surface area contributed by atoms with Gasteiger partial charge in [0.15, 0.2) is 6.61 Å². The van der Waals surface area contributed by atoms with Crippen molar-refractivity contribution in [2.75, 3.05) is 13.7 Å². The molecule has 0 aliphatic carbocycles. The van der Waals surface area contributed by atoms with E-state index >= 15 is 0 Å². The monoisotopic (exact) mass is 385 g/mol. The molecule has 2 aromatic carbocycles. The van der Waals surface area contributed by atoms with E-state index in [0.29, 0.717) is 32.5 Å². The number of benzene rings is 2. The minimum atomic E-state index is -0.624. The summed E-state index contributed by atoms with van der Waals surface area (Å²) in [6.45, 7) is 1.28. The van der Waals surface area contributed by atoms with Gasteiger partial charge in [-0.15, -0.1) is 11.3 Å². The van der Waals surface area contributed by atoms with Crippen LogP contribution in [-0.2, 0) is 4.74 Å². The quantitative estimate of drug-likeness (QED) is 0.467. The van der Waals surface area contributed by atoms with Gasteiger partial charge in [0.1, 0.15) is 21.5 Å². The normalized spacial score (nSPS) is 10.5. The van der Waals surface area contributed by atoms with Crippen LogP contribution in [0, 0.1) is 12.7 Å².